The molecule has 0 amide bonds. The fourth-order valence-corrected chi connectivity index (χ4v) is 3.18. The minimum absolute atomic E-state index is 0.536. The molecule has 2 N–H and O–H groups in total. The maximum atomic E-state index is 6.01. The van der Waals surface area contributed by atoms with Gasteiger partial charge in [0.15, 0.2) is 0 Å². The molecule has 0 bridgehead atoms. The van der Waals surface area contributed by atoms with E-state index < -0.39 is 0 Å². The monoisotopic (exact) mass is 157 g/mol. The molecular formula is C8H15NS. The Kier molecular flexibility index (Phi) is 1.92. The first-order valence-corrected chi connectivity index (χ1v) is 5.37. The topological polar surface area (TPSA) is 26.0 Å². The van der Waals surface area contributed by atoms with Crippen LogP contribution in [-0.4, -0.2) is 17.5 Å². The molecule has 1 saturated heterocycles. The molecule has 1 heterocycles. The molecule has 0 aromatic heterocycles. The van der Waals surface area contributed by atoms with E-state index in [1.165, 1.54) is 30.8 Å². The Balaban J connectivity index is 1.90. The van der Waals surface area contributed by atoms with Gasteiger partial charge in [-0.1, -0.05) is 0 Å². The van der Waals surface area contributed by atoms with Gasteiger partial charge in [0.05, 0.1) is 0 Å². The van der Waals surface area contributed by atoms with E-state index in [-0.39, 0.29) is 0 Å². The Morgan fingerprint density at radius 1 is 1.20 bits per heavy atom. The average Bonchev–Trinajstić information content (AvgIpc) is 2.71. The summed E-state index contributed by atoms with van der Waals surface area (Å²) in [6.07, 6.45) is 4.17. The van der Waals surface area contributed by atoms with E-state index in [4.69, 9.17) is 5.73 Å². The molecule has 1 aliphatic carbocycles. The third-order valence-corrected chi connectivity index (χ3v) is 3.83. The van der Waals surface area contributed by atoms with Crippen LogP contribution in [0.15, 0.2) is 0 Å². The molecule has 2 fully saturated rings. The van der Waals surface area contributed by atoms with Crippen LogP contribution >= 0.6 is 11.8 Å². The molecule has 0 radical (unpaired) electrons. The molecule has 0 aromatic rings. The average molecular weight is 157 g/mol. The third-order valence-electron chi connectivity index (χ3n) is 2.68. The fraction of sp³-hybridized carbons (Fsp3) is 1.00. The molecule has 2 heteroatoms. The van der Waals surface area contributed by atoms with Crippen molar-refractivity contribution in [1.82, 2.24) is 0 Å². The summed E-state index contributed by atoms with van der Waals surface area (Å²) < 4.78 is 0. The van der Waals surface area contributed by atoms with Gasteiger partial charge in [-0.2, -0.15) is 11.8 Å². The zero-order valence-electron chi connectivity index (χ0n) is 6.25. The van der Waals surface area contributed by atoms with Crippen molar-refractivity contribution in [3.8, 4) is 0 Å². The van der Waals surface area contributed by atoms with Crippen molar-refractivity contribution in [1.29, 1.82) is 0 Å². The van der Waals surface area contributed by atoms with Gasteiger partial charge in [0.1, 0.15) is 0 Å². The molecule has 1 aliphatic heterocycles. The normalized spacial score (nSPS) is 41.7. The SMILES string of the molecule is NC1CCSCC1C1CC1. The van der Waals surface area contributed by atoms with Crippen LogP contribution in [-0.2, 0) is 0 Å². The summed E-state index contributed by atoms with van der Waals surface area (Å²) in [4.78, 5) is 0. The van der Waals surface area contributed by atoms with Crippen molar-refractivity contribution >= 4 is 11.8 Å². The Morgan fingerprint density at radius 2 is 2.00 bits per heavy atom. The van der Waals surface area contributed by atoms with E-state index in [2.05, 4.69) is 11.8 Å². The highest BCUT2D eigenvalue weighted by Gasteiger charge is 2.36. The molecule has 0 aromatic carbocycles. The molecule has 10 heavy (non-hydrogen) atoms. The zero-order valence-corrected chi connectivity index (χ0v) is 7.07. The van der Waals surface area contributed by atoms with Crippen LogP contribution in [0.5, 0.6) is 0 Å². The summed E-state index contributed by atoms with van der Waals surface area (Å²) >= 11 is 2.10. The van der Waals surface area contributed by atoms with Crippen LogP contribution in [0.2, 0.25) is 0 Å². The lowest BCUT2D eigenvalue weighted by Gasteiger charge is -2.27. The number of rotatable bonds is 1. The van der Waals surface area contributed by atoms with Crippen LogP contribution < -0.4 is 5.73 Å². The van der Waals surface area contributed by atoms with Gasteiger partial charge in [-0.05, 0) is 42.6 Å². The maximum Gasteiger partial charge on any atom is 0.00855 e. The first kappa shape index (κ1) is 6.99. The smallest absolute Gasteiger partial charge is 0.00855 e. The van der Waals surface area contributed by atoms with Crippen LogP contribution in [0.1, 0.15) is 19.3 Å². The van der Waals surface area contributed by atoms with E-state index in [1.807, 2.05) is 0 Å². The van der Waals surface area contributed by atoms with Gasteiger partial charge in [0, 0.05) is 6.04 Å². The second kappa shape index (κ2) is 2.74. The Labute approximate surface area is 66.7 Å². The Bertz CT molecular complexity index is 122. The summed E-state index contributed by atoms with van der Waals surface area (Å²) in [5.74, 6) is 4.53. The summed E-state index contributed by atoms with van der Waals surface area (Å²) in [5.41, 5.74) is 6.01. The summed E-state index contributed by atoms with van der Waals surface area (Å²) in [5, 5.41) is 0. The van der Waals surface area contributed by atoms with Crippen LogP contribution in [0.3, 0.4) is 0 Å². The summed E-state index contributed by atoms with van der Waals surface area (Å²) in [7, 11) is 0. The lowest BCUT2D eigenvalue weighted by molar-refractivity contribution is 0.397. The predicted molar refractivity (Wildman–Crippen MR) is 46.1 cm³/mol. The van der Waals surface area contributed by atoms with Gasteiger partial charge < -0.3 is 5.73 Å². The van der Waals surface area contributed by atoms with Gasteiger partial charge in [-0.15, -0.1) is 0 Å². The zero-order chi connectivity index (χ0) is 6.97. The van der Waals surface area contributed by atoms with Crippen molar-refractivity contribution in [2.75, 3.05) is 11.5 Å². The first-order chi connectivity index (χ1) is 4.88. The molecule has 2 rings (SSSR count). The van der Waals surface area contributed by atoms with Crippen molar-refractivity contribution in [2.24, 2.45) is 17.6 Å². The highest BCUT2D eigenvalue weighted by molar-refractivity contribution is 7.99. The van der Waals surface area contributed by atoms with Gasteiger partial charge >= 0.3 is 0 Å². The molecule has 2 atom stereocenters. The van der Waals surface area contributed by atoms with Gasteiger partial charge in [-0.3, -0.25) is 0 Å². The van der Waals surface area contributed by atoms with E-state index in [0.717, 1.165) is 11.8 Å². The fourth-order valence-electron chi connectivity index (χ4n) is 1.79. The van der Waals surface area contributed by atoms with Crippen molar-refractivity contribution in [3.63, 3.8) is 0 Å². The third kappa shape index (κ3) is 1.32. The Morgan fingerprint density at radius 3 is 2.60 bits per heavy atom. The summed E-state index contributed by atoms with van der Waals surface area (Å²) in [6.45, 7) is 0. The molecule has 1 nitrogen and oxygen atoms in total. The van der Waals surface area contributed by atoms with Crippen molar-refractivity contribution in [2.45, 2.75) is 25.3 Å². The Hall–Kier alpha value is 0.310. The molecule has 1 saturated carbocycles. The quantitative estimate of drug-likeness (QED) is 0.624. The van der Waals surface area contributed by atoms with E-state index >= 15 is 0 Å². The minimum Gasteiger partial charge on any atom is -0.327 e. The van der Waals surface area contributed by atoms with Crippen LogP contribution in [0.25, 0.3) is 0 Å². The van der Waals surface area contributed by atoms with E-state index in [1.54, 1.807) is 0 Å². The largest absolute Gasteiger partial charge is 0.327 e. The predicted octanol–water partition coefficient (Wildman–Crippen LogP) is 1.48. The second-order valence-corrected chi connectivity index (χ2v) is 4.68. The first-order valence-electron chi connectivity index (χ1n) is 4.21. The summed E-state index contributed by atoms with van der Waals surface area (Å²) in [6, 6.07) is 0.536. The number of hydrogen-bond donors (Lipinski definition) is 1. The van der Waals surface area contributed by atoms with Crippen LogP contribution in [0, 0.1) is 11.8 Å². The number of thioether (sulfide) groups is 1. The van der Waals surface area contributed by atoms with Gasteiger partial charge in [0.2, 0.25) is 0 Å². The van der Waals surface area contributed by atoms with Crippen LogP contribution in [0.4, 0.5) is 0 Å². The molecule has 58 valence electrons. The van der Waals surface area contributed by atoms with Gasteiger partial charge in [0.25, 0.3) is 0 Å². The molecule has 0 spiro atoms. The van der Waals surface area contributed by atoms with E-state index in [0.29, 0.717) is 6.04 Å². The van der Waals surface area contributed by atoms with Gasteiger partial charge in [-0.25, -0.2) is 0 Å². The highest BCUT2D eigenvalue weighted by Crippen LogP contribution is 2.42. The van der Waals surface area contributed by atoms with Crippen molar-refractivity contribution < 1.29 is 0 Å². The molecule has 2 aliphatic rings. The number of nitrogens with two attached hydrogens (primary N) is 1. The standard InChI is InChI=1S/C8H15NS/c9-8-3-4-10-5-7(8)6-1-2-6/h6-8H,1-5,9H2. The second-order valence-electron chi connectivity index (χ2n) is 3.53. The molecular weight excluding hydrogens is 142 g/mol. The lowest BCUT2D eigenvalue weighted by atomic mass is 9.95. The highest BCUT2D eigenvalue weighted by atomic mass is 32.2. The number of hydrogen-bond acceptors (Lipinski definition) is 2. The minimum atomic E-state index is 0.536. The van der Waals surface area contributed by atoms with Crippen molar-refractivity contribution in [3.05, 3.63) is 0 Å². The maximum absolute atomic E-state index is 6.01. The molecule has 2 unspecified atom stereocenters. The van der Waals surface area contributed by atoms with E-state index in [9.17, 15) is 0 Å². The lowest BCUT2D eigenvalue weighted by Crippen LogP contribution is -2.36.